The van der Waals surface area contributed by atoms with E-state index in [-0.39, 0.29) is 11.4 Å². The van der Waals surface area contributed by atoms with Crippen molar-refractivity contribution in [3.05, 3.63) is 0 Å². The first kappa shape index (κ1) is 14.3. The number of piperidine rings is 1. The van der Waals surface area contributed by atoms with Crippen molar-refractivity contribution in [2.45, 2.75) is 62.3 Å². The standard InChI is InChI=1S/C13H25NO3S/c1-18(15,16)13-7-4-6-12(9-13)17-10-11-5-2-3-8-14-11/h11-14H,2-10H2,1H3. The van der Waals surface area contributed by atoms with E-state index in [4.69, 9.17) is 4.74 Å². The highest BCUT2D eigenvalue weighted by Gasteiger charge is 2.29. The van der Waals surface area contributed by atoms with Crippen molar-refractivity contribution >= 4 is 9.84 Å². The Bertz CT molecular complexity index is 349. The second kappa shape index (κ2) is 6.35. The van der Waals surface area contributed by atoms with Gasteiger partial charge in [0.05, 0.1) is 18.0 Å². The first-order valence-electron chi connectivity index (χ1n) is 7.09. The zero-order chi connectivity index (χ0) is 13.0. The molecule has 1 N–H and O–H groups in total. The maximum absolute atomic E-state index is 11.6. The summed E-state index contributed by atoms with van der Waals surface area (Å²) < 4.78 is 29.1. The Morgan fingerprint density at radius 2 is 2.00 bits per heavy atom. The summed E-state index contributed by atoms with van der Waals surface area (Å²) in [6.45, 7) is 1.83. The van der Waals surface area contributed by atoms with Gasteiger partial charge in [-0.15, -0.1) is 0 Å². The van der Waals surface area contributed by atoms with E-state index in [0.717, 1.165) is 32.4 Å². The fraction of sp³-hybridized carbons (Fsp3) is 1.00. The van der Waals surface area contributed by atoms with Crippen LogP contribution in [0, 0.1) is 0 Å². The van der Waals surface area contributed by atoms with Gasteiger partial charge in [-0.05, 0) is 45.1 Å². The minimum absolute atomic E-state index is 0.141. The average Bonchev–Trinajstić information content (AvgIpc) is 2.37. The topological polar surface area (TPSA) is 55.4 Å². The minimum Gasteiger partial charge on any atom is -0.377 e. The van der Waals surface area contributed by atoms with Gasteiger partial charge >= 0.3 is 0 Å². The van der Waals surface area contributed by atoms with Crippen LogP contribution in [0.1, 0.15) is 44.9 Å². The predicted octanol–water partition coefficient (Wildman–Crippen LogP) is 1.50. The highest BCUT2D eigenvalue weighted by atomic mass is 32.2. The number of sulfone groups is 1. The molecule has 0 aromatic heterocycles. The van der Waals surface area contributed by atoms with Gasteiger partial charge in [0, 0.05) is 12.3 Å². The van der Waals surface area contributed by atoms with Gasteiger partial charge in [0.25, 0.3) is 0 Å². The summed E-state index contributed by atoms with van der Waals surface area (Å²) in [6, 6.07) is 0.470. The summed E-state index contributed by atoms with van der Waals surface area (Å²) in [7, 11) is -2.90. The summed E-state index contributed by atoms with van der Waals surface area (Å²) in [5.41, 5.74) is 0. The van der Waals surface area contributed by atoms with Crippen LogP contribution < -0.4 is 5.32 Å². The molecule has 0 spiro atoms. The van der Waals surface area contributed by atoms with E-state index in [1.807, 2.05) is 0 Å². The molecule has 3 atom stereocenters. The van der Waals surface area contributed by atoms with Gasteiger partial charge < -0.3 is 10.1 Å². The van der Waals surface area contributed by atoms with Crippen LogP contribution in [0.5, 0.6) is 0 Å². The van der Waals surface area contributed by atoms with E-state index in [0.29, 0.717) is 12.5 Å². The van der Waals surface area contributed by atoms with Crippen molar-refractivity contribution in [3.8, 4) is 0 Å². The zero-order valence-electron chi connectivity index (χ0n) is 11.2. The second-order valence-corrected chi connectivity index (χ2v) is 8.05. The van der Waals surface area contributed by atoms with Crippen molar-refractivity contribution in [1.29, 1.82) is 0 Å². The van der Waals surface area contributed by atoms with Gasteiger partial charge in [-0.25, -0.2) is 8.42 Å². The second-order valence-electron chi connectivity index (χ2n) is 5.72. The van der Waals surface area contributed by atoms with Gasteiger partial charge in [-0.1, -0.05) is 6.42 Å². The van der Waals surface area contributed by atoms with E-state index in [1.54, 1.807) is 0 Å². The van der Waals surface area contributed by atoms with Crippen LogP contribution in [0.2, 0.25) is 0 Å². The molecule has 2 rings (SSSR count). The molecule has 0 bridgehead atoms. The number of hydrogen-bond donors (Lipinski definition) is 1. The molecule has 18 heavy (non-hydrogen) atoms. The lowest BCUT2D eigenvalue weighted by atomic mass is 9.97. The normalized spacial score (nSPS) is 34.4. The molecule has 2 fully saturated rings. The smallest absolute Gasteiger partial charge is 0.150 e. The molecule has 5 heteroatoms. The van der Waals surface area contributed by atoms with E-state index < -0.39 is 9.84 Å². The molecule has 1 saturated heterocycles. The van der Waals surface area contributed by atoms with Gasteiger partial charge in [-0.2, -0.15) is 0 Å². The zero-order valence-corrected chi connectivity index (χ0v) is 12.0. The summed E-state index contributed by atoms with van der Waals surface area (Å²) in [5.74, 6) is 0. The summed E-state index contributed by atoms with van der Waals surface area (Å²) >= 11 is 0. The summed E-state index contributed by atoms with van der Waals surface area (Å²) in [5, 5.41) is 3.27. The third-order valence-electron chi connectivity index (χ3n) is 4.13. The number of ether oxygens (including phenoxy) is 1. The maximum atomic E-state index is 11.6. The molecule has 0 aromatic carbocycles. The van der Waals surface area contributed by atoms with Crippen LogP contribution in [0.25, 0.3) is 0 Å². The minimum atomic E-state index is -2.90. The molecular formula is C13H25NO3S. The molecule has 1 aliphatic heterocycles. The SMILES string of the molecule is CS(=O)(=O)C1CCCC(OCC2CCCCN2)C1. The Morgan fingerprint density at radius 1 is 1.17 bits per heavy atom. The summed E-state index contributed by atoms with van der Waals surface area (Å²) in [4.78, 5) is 0. The largest absolute Gasteiger partial charge is 0.377 e. The van der Waals surface area contributed by atoms with Crippen molar-refractivity contribution < 1.29 is 13.2 Å². The number of nitrogens with one attached hydrogen (secondary N) is 1. The average molecular weight is 275 g/mol. The molecule has 0 radical (unpaired) electrons. The third kappa shape index (κ3) is 4.21. The lowest BCUT2D eigenvalue weighted by molar-refractivity contribution is 0.0131. The monoisotopic (exact) mass is 275 g/mol. The van der Waals surface area contributed by atoms with Crippen molar-refractivity contribution in [2.24, 2.45) is 0 Å². The molecule has 1 saturated carbocycles. The first-order valence-corrected chi connectivity index (χ1v) is 9.05. The van der Waals surface area contributed by atoms with Crippen LogP contribution in [0.3, 0.4) is 0 Å². The lowest BCUT2D eigenvalue weighted by Gasteiger charge is -2.30. The fourth-order valence-corrected chi connectivity index (χ4v) is 4.12. The van der Waals surface area contributed by atoms with Crippen LogP contribution in [-0.2, 0) is 14.6 Å². The predicted molar refractivity (Wildman–Crippen MR) is 72.5 cm³/mol. The molecule has 2 aliphatic rings. The van der Waals surface area contributed by atoms with Crippen LogP contribution in [0.4, 0.5) is 0 Å². The van der Waals surface area contributed by atoms with Crippen molar-refractivity contribution in [3.63, 3.8) is 0 Å². The molecule has 4 nitrogen and oxygen atoms in total. The molecule has 0 amide bonds. The Balaban J connectivity index is 1.75. The van der Waals surface area contributed by atoms with Gasteiger partial charge in [-0.3, -0.25) is 0 Å². The van der Waals surface area contributed by atoms with E-state index in [2.05, 4.69) is 5.32 Å². The fourth-order valence-electron chi connectivity index (χ4n) is 2.96. The van der Waals surface area contributed by atoms with Crippen molar-refractivity contribution in [1.82, 2.24) is 5.32 Å². The van der Waals surface area contributed by atoms with E-state index >= 15 is 0 Å². The Kier molecular flexibility index (Phi) is 5.04. The van der Waals surface area contributed by atoms with Crippen LogP contribution >= 0.6 is 0 Å². The van der Waals surface area contributed by atoms with Gasteiger partial charge in [0.15, 0.2) is 0 Å². The quantitative estimate of drug-likeness (QED) is 0.845. The maximum Gasteiger partial charge on any atom is 0.150 e. The number of hydrogen-bond acceptors (Lipinski definition) is 4. The highest BCUT2D eigenvalue weighted by molar-refractivity contribution is 7.91. The van der Waals surface area contributed by atoms with E-state index in [9.17, 15) is 8.42 Å². The lowest BCUT2D eigenvalue weighted by Crippen LogP contribution is -2.40. The molecule has 0 aromatic rings. The van der Waals surface area contributed by atoms with Crippen molar-refractivity contribution in [2.75, 3.05) is 19.4 Å². The Hall–Kier alpha value is -0.130. The van der Waals surface area contributed by atoms with Crippen LogP contribution in [0.15, 0.2) is 0 Å². The van der Waals surface area contributed by atoms with Crippen LogP contribution in [-0.4, -0.2) is 45.2 Å². The summed E-state index contributed by atoms with van der Waals surface area (Å²) in [6.07, 6.45) is 8.69. The third-order valence-corrected chi connectivity index (χ3v) is 5.77. The Labute approximate surface area is 110 Å². The first-order chi connectivity index (χ1) is 8.55. The van der Waals surface area contributed by atoms with E-state index in [1.165, 1.54) is 25.5 Å². The van der Waals surface area contributed by atoms with Gasteiger partial charge in [0.2, 0.25) is 0 Å². The molecule has 1 heterocycles. The van der Waals surface area contributed by atoms with Gasteiger partial charge in [0.1, 0.15) is 9.84 Å². The Morgan fingerprint density at radius 3 is 2.67 bits per heavy atom. The molecule has 3 unspecified atom stereocenters. The molecular weight excluding hydrogens is 250 g/mol. The number of rotatable bonds is 4. The molecule has 106 valence electrons. The highest BCUT2D eigenvalue weighted by Crippen LogP contribution is 2.26. The molecule has 1 aliphatic carbocycles.